The van der Waals surface area contributed by atoms with Crippen molar-refractivity contribution in [2.45, 2.75) is 75.8 Å². The van der Waals surface area contributed by atoms with Crippen molar-refractivity contribution in [3.63, 3.8) is 0 Å². The lowest BCUT2D eigenvalue weighted by molar-refractivity contribution is -0.343. The monoisotopic (exact) mass is 583 g/mol. The van der Waals surface area contributed by atoms with Crippen LogP contribution in [0.15, 0.2) is 24.3 Å². The maximum atomic E-state index is 13.6. The number of nitrogens with two attached hydrogens (primary N) is 1. The molecule has 4 N–H and O–H groups in total. The van der Waals surface area contributed by atoms with E-state index in [0.29, 0.717) is 0 Å². The van der Waals surface area contributed by atoms with Gasteiger partial charge in [-0.3, -0.25) is 14.4 Å². The zero-order valence-corrected chi connectivity index (χ0v) is 23.5. The average molecular weight is 584 g/mol. The van der Waals surface area contributed by atoms with Crippen LogP contribution < -0.4 is 5.73 Å². The van der Waals surface area contributed by atoms with Crippen LogP contribution in [0.25, 0.3) is 0 Å². The number of carbonyl (C=O) groups is 3. The summed E-state index contributed by atoms with van der Waals surface area (Å²) in [4.78, 5) is 40.6. The van der Waals surface area contributed by atoms with E-state index < -0.39 is 65.5 Å². The Balaban J connectivity index is 1.49. The fraction of sp³-hybridized carbons (Fsp3) is 0.500. The van der Waals surface area contributed by atoms with E-state index in [9.17, 15) is 24.6 Å². The van der Waals surface area contributed by atoms with Crippen molar-refractivity contribution in [3.05, 3.63) is 57.6 Å². The summed E-state index contributed by atoms with van der Waals surface area (Å²) in [5.41, 5.74) is 4.43. The van der Waals surface area contributed by atoms with Gasteiger partial charge in [0.15, 0.2) is 23.6 Å². The first-order chi connectivity index (χ1) is 20.1. The summed E-state index contributed by atoms with van der Waals surface area (Å²) in [5, 5.41) is 23.3. The van der Waals surface area contributed by atoms with Gasteiger partial charge in [-0.1, -0.05) is 24.3 Å². The van der Waals surface area contributed by atoms with Crippen LogP contribution in [-0.2, 0) is 39.6 Å². The van der Waals surface area contributed by atoms with E-state index in [-0.39, 0.29) is 72.0 Å². The molecule has 0 saturated carbocycles. The highest BCUT2D eigenvalue weighted by atomic mass is 16.9. The van der Waals surface area contributed by atoms with Gasteiger partial charge in [-0.15, -0.1) is 0 Å². The molecule has 7 atom stereocenters. The predicted octanol–water partition coefficient (Wildman–Crippen LogP) is 2.03. The van der Waals surface area contributed by atoms with Gasteiger partial charge < -0.3 is 44.4 Å². The van der Waals surface area contributed by atoms with Crippen LogP contribution in [-0.4, -0.2) is 84.5 Å². The summed E-state index contributed by atoms with van der Waals surface area (Å²) in [6.07, 6.45) is -2.94. The second-order valence-corrected chi connectivity index (χ2v) is 11.0. The molecule has 12 heteroatoms. The van der Waals surface area contributed by atoms with Crippen LogP contribution in [0.3, 0.4) is 0 Å². The Morgan fingerprint density at radius 2 is 1.74 bits per heavy atom. The first-order valence-electron chi connectivity index (χ1n) is 13.9. The second-order valence-electron chi connectivity index (χ2n) is 11.0. The van der Waals surface area contributed by atoms with Crippen molar-refractivity contribution >= 4 is 17.3 Å². The lowest BCUT2D eigenvalue weighted by Crippen LogP contribution is -2.57. The zero-order chi connectivity index (χ0) is 29.9. The van der Waals surface area contributed by atoms with Crippen LogP contribution in [0.2, 0.25) is 0 Å². The minimum absolute atomic E-state index is 0.0523. The molecule has 6 rings (SSSR count). The summed E-state index contributed by atoms with van der Waals surface area (Å²) in [7, 11) is 1.54. The smallest absolute Gasteiger partial charge is 0.273 e. The molecule has 4 aliphatic rings. The molecule has 12 nitrogen and oxygen atoms in total. The summed E-state index contributed by atoms with van der Waals surface area (Å²) < 4.78 is 34.8. The Hall–Kier alpha value is -3.23. The van der Waals surface area contributed by atoms with Crippen LogP contribution >= 0.6 is 0 Å². The fourth-order valence-electron chi connectivity index (χ4n) is 6.58. The van der Waals surface area contributed by atoms with Crippen molar-refractivity contribution in [1.29, 1.82) is 0 Å². The molecular formula is C30H33NO11. The third-order valence-electron chi connectivity index (χ3n) is 8.55. The van der Waals surface area contributed by atoms with E-state index in [4.69, 9.17) is 34.2 Å². The Bertz CT molecular complexity index is 1450. The van der Waals surface area contributed by atoms with Crippen molar-refractivity contribution in [2.75, 3.05) is 20.3 Å². The third kappa shape index (κ3) is 4.45. The van der Waals surface area contributed by atoms with E-state index in [2.05, 4.69) is 0 Å². The molecule has 42 heavy (non-hydrogen) atoms. The van der Waals surface area contributed by atoms with Crippen LogP contribution in [0.1, 0.15) is 75.8 Å². The number of aromatic hydroxyl groups is 2. The third-order valence-corrected chi connectivity index (χ3v) is 8.55. The van der Waals surface area contributed by atoms with E-state index in [1.54, 1.807) is 26.0 Å². The van der Waals surface area contributed by atoms with E-state index in [1.807, 2.05) is 0 Å². The molecule has 0 bridgehead atoms. The molecule has 2 fully saturated rings. The second kappa shape index (κ2) is 10.8. The molecule has 2 saturated heterocycles. The van der Waals surface area contributed by atoms with E-state index in [0.717, 1.165) is 0 Å². The van der Waals surface area contributed by atoms with Gasteiger partial charge in [0, 0.05) is 61.3 Å². The van der Waals surface area contributed by atoms with Crippen molar-refractivity contribution in [1.82, 2.24) is 0 Å². The predicted molar refractivity (Wildman–Crippen MR) is 143 cm³/mol. The maximum Gasteiger partial charge on any atom is 0.273 e. The highest BCUT2D eigenvalue weighted by Gasteiger charge is 2.54. The van der Waals surface area contributed by atoms with Crippen LogP contribution in [0.5, 0.6) is 11.5 Å². The van der Waals surface area contributed by atoms with Gasteiger partial charge in [-0.05, 0) is 13.8 Å². The minimum atomic E-state index is -1.59. The Kier molecular flexibility index (Phi) is 7.42. The number of hydrogen-bond donors (Lipinski definition) is 3. The Labute approximate surface area is 241 Å². The fourth-order valence-corrected chi connectivity index (χ4v) is 6.58. The number of hydrogen-bond acceptors (Lipinski definition) is 12. The van der Waals surface area contributed by atoms with E-state index in [1.165, 1.54) is 19.2 Å². The van der Waals surface area contributed by atoms with Crippen LogP contribution in [0, 0.1) is 0 Å². The highest BCUT2D eigenvalue weighted by Crippen LogP contribution is 2.53. The normalized spacial score (nSPS) is 32.4. The summed E-state index contributed by atoms with van der Waals surface area (Å²) in [6.45, 7) is 2.28. The summed E-state index contributed by atoms with van der Waals surface area (Å²) in [5.74, 6) is -2.70. The molecule has 0 radical (unpaired) electrons. The molecule has 1 spiro atoms. The number of ether oxygens (including phenoxy) is 6. The number of fused-ring (bicyclic) bond motifs is 3. The number of phenols is 2. The number of rotatable bonds is 5. The number of Topliss-reactive ketones (excluding diaryl/α,β-unsaturated/α-hetero) is 1. The van der Waals surface area contributed by atoms with Crippen molar-refractivity contribution in [3.8, 4) is 11.5 Å². The highest BCUT2D eigenvalue weighted by molar-refractivity contribution is 6.30. The van der Waals surface area contributed by atoms with Gasteiger partial charge >= 0.3 is 0 Å². The van der Waals surface area contributed by atoms with Gasteiger partial charge in [0.05, 0.1) is 29.4 Å². The molecular weight excluding hydrogens is 550 g/mol. The van der Waals surface area contributed by atoms with Crippen LogP contribution in [0.4, 0.5) is 0 Å². The molecule has 7 unspecified atom stereocenters. The molecule has 2 aliphatic heterocycles. The van der Waals surface area contributed by atoms with Gasteiger partial charge in [-0.2, -0.15) is 0 Å². The van der Waals surface area contributed by atoms with Crippen molar-refractivity contribution < 1.29 is 53.0 Å². The number of ketones is 3. The minimum Gasteiger partial charge on any atom is -0.507 e. The topological polar surface area (TPSA) is 173 Å². The molecule has 2 aliphatic carbocycles. The number of carbonyl (C=O) groups excluding carboxylic acids is 3. The SMILES string of the molecule is CCOC1OCC(=O)C2(Cc3c(O)c4c(c(O)c3C(OC3CC(N)C(OC)C(C)O3)C2)C(=O)c2ccccc2C4=O)O1. The van der Waals surface area contributed by atoms with E-state index >= 15 is 0 Å². The Morgan fingerprint density at radius 1 is 1.07 bits per heavy atom. The standard InChI is InChI=1S/C30H33NO11/c1-4-38-29-39-12-19(32)30(42-29)10-16-21(18(11-30)41-20-9-17(31)28(37-3)13(2)40-20)27(36)23-22(26(16)35)24(33)14-7-5-6-8-15(14)25(23)34/h5-8,13,17-18,20,28-29,35-36H,4,9-12,31H2,1-3H3. The van der Waals surface area contributed by atoms with Gasteiger partial charge in [0.2, 0.25) is 0 Å². The molecule has 224 valence electrons. The summed E-state index contributed by atoms with van der Waals surface area (Å²) in [6, 6.07) is 5.75. The van der Waals surface area contributed by atoms with Crippen molar-refractivity contribution in [2.24, 2.45) is 5.73 Å². The van der Waals surface area contributed by atoms with Gasteiger partial charge in [0.1, 0.15) is 23.7 Å². The Morgan fingerprint density at radius 3 is 2.36 bits per heavy atom. The molecule has 0 aromatic heterocycles. The summed E-state index contributed by atoms with van der Waals surface area (Å²) >= 11 is 0. The maximum absolute atomic E-state index is 13.6. The number of phenolic OH excluding ortho intramolecular Hbond substituents is 2. The molecule has 0 amide bonds. The molecule has 2 aromatic rings. The zero-order valence-electron chi connectivity index (χ0n) is 23.5. The largest absolute Gasteiger partial charge is 0.507 e. The lowest BCUT2D eigenvalue weighted by Gasteiger charge is -2.46. The van der Waals surface area contributed by atoms with Gasteiger partial charge in [0.25, 0.3) is 6.48 Å². The molecule has 2 heterocycles. The average Bonchev–Trinajstić information content (AvgIpc) is 2.95. The quantitative estimate of drug-likeness (QED) is 0.374. The molecule has 2 aromatic carbocycles. The number of methoxy groups -OCH3 is 1. The lowest BCUT2D eigenvalue weighted by atomic mass is 9.71. The first kappa shape index (κ1) is 28.9. The van der Waals surface area contributed by atoms with Gasteiger partial charge in [-0.25, -0.2) is 0 Å². The number of benzene rings is 2. The first-order valence-corrected chi connectivity index (χ1v) is 13.9.